The van der Waals surface area contributed by atoms with Gasteiger partial charge < -0.3 is 25.6 Å². The van der Waals surface area contributed by atoms with Crippen LogP contribution in [0.5, 0.6) is 5.75 Å². The number of likely N-dealkylation sites (N-methyl/N-ethyl adjacent to an activating group) is 1. The second-order valence-electron chi connectivity index (χ2n) is 6.93. The molecule has 1 aromatic rings. The van der Waals surface area contributed by atoms with Crippen LogP contribution in [0.2, 0.25) is 0 Å². The lowest BCUT2D eigenvalue weighted by Gasteiger charge is -2.25. The van der Waals surface area contributed by atoms with Crippen LogP contribution >= 0.6 is 0 Å². The molecule has 1 saturated carbocycles. The number of hydrogen-bond acceptors (Lipinski definition) is 4. The summed E-state index contributed by atoms with van der Waals surface area (Å²) in [6.07, 6.45) is 2.05. The van der Waals surface area contributed by atoms with Crippen LogP contribution in [0.15, 0.2) is 29.3 Å². The number of amides is 1. The third-order valence-electron chi connectivity index (χ3n) is 4.55. The summed E-state index contributed by atoms with van der Waals surface area (Å²) in [7, 11) is 5.77. The fraction of sp³-hybridized carbons (Fsp3) is 0.600. The predicted octanol–water partition coefficient (Wildman–Crippen LogP) is 1.38. The van der Waals surface area contributed by atoms with E-state index in [1.807, 2.05) is 39.2 Å². The lowest BCUT2D eigenvalue weighted by atomic mass is 10.0. The van der Waals surface area contributed by atoms with E-state index in [-0.39, 0.29) is 17.9 Å². The second kappa shape index (κ2) is 10.8. The molecule has 0 spiro atoms. The molecule has 7 nitrogen and oxygen atoms in total. The molecule has 2 rings (SSSR count). The van der Waals surface area contributed by atoms with Crippen LogP contribution in [0.3, 0.4) is 0 Å². The third-order valence-corrected chi connectivity index (χ3v) is 4.55. The Morgan fingerprint density at radius 3 is 2.56 bits per heavy atom. The second-order valence-corrected chi connectivity index (χ2v) is 6.93. The van der Waals surface area contributed by atoms with Crippen molar-refractivity contribution in [3.8, 4) is 5.75 Å². The van der Waals surface area contributed by atoms with Crippen molar-refractivity contribution in [3.05, 3.63) is 29.8 Å². The van der Waals surface area contributed by atoms with E-state index in [4.69, 9.17) is 9.73 Å². The largest absolute Gasteiger partial charge is 0.496 e. The molecule has 3 N–H and O–H groups in total. The van der Waals surface area contributed by atoms with Crippen molar-refractivity contribution in [1.82, 2.24) is 20.9 Å². The summed E-state index contributed by atoms with van der Waals surface area (Å²) < 4.78 is 5.51. The van der Waals surface area contributed by atoms with E-state index in [2.05, 4.69) is 26.9 Å². The number of aliphatic imine (C=N–C) groups is 1. The SMILES string of the molecule is CCNC(=NCC(c1ccccc1OC)N(C)C)NCCNC(=O)C1CC1. The van der Waals surface area contributed by atoms with Gasteiger partial charge in [-0.3, -0.25) is 9.79 Å². The van der Waals surface area contributed by atoms with Crippen molar-refractivity contribution < 1.29 is 9.53 Å². The highest BCUT2D eigenvalue weighted by atomic mass is 16.5. The molecule has 1 aliphatic carbocycles. The average Bonchev–Trinajstić information content (AvgIpc) is 3.50. The van der Waals surface area contributed by atoms with Crippen LogP contribution in [-0.4, -0.2) is 64.2 Å². The maximum absolute atomic E-state index is 11.7. The van der Waals surface area contributed by atoms with Crippen LogP contribution in [0.1, 0.15) is 31.4 Å². The summed E-state index contributed by atoms with van der Waals surface area (Å²) in [5.41, 5.74) is 1.11. The summed E-state index contributed by atoms with van der Waals surface area (Å²) in [5, 5.41) is 9.50. The number of rotatable bonds is 10. The van der Waals surface area contributed by atoms with Crippen molar-refractivity contribution in [2.45, 2.75) is 25.8 Å². The van der Waals surface area contributed by atoms with Crippen LogP contribution in [0.25, 0.3) is 0 Å². The number of ether oxygens (including phenoxy) is 1. The average molecular weight is 376 g/mol. The molecule has 1 aromatic carbocycles. The Kier molecular flexibility index (Phi) is 8.39. The lowest BCUT2D eigenvalue weighted by Crippen LogP contribution is -2.42. The molecule has 0 heterocycles. The first-order valence-corrected chi connectivity index (χ1v) is 9.66. The van der Waals surface area contributed by atoms with Gasteiger partial charge in [-0.05, 0) is 39.9 Å². The van der Waals surface area contributed by atoms with Gasteiger partial charge in [0.15, 0.2) is 5.96 Å². The van der Waals surface area contributed by atoms with Crippen LogP contribution < -0.4 is 20.7 Å². The number of methoxy groups -OCH3 is 1. The molecule has 1 unspecified atom stereocenters. The van der Waals surface area contributed by atoms with Gasteiger partial charge in [0.2, 0.25) is 5.91 Å². The number of nitrogens with zero attached hydrogens (tertiary/aromatic N) is 2. The Hall–Kier alpha value is -2.28. The van der Waals surface area contributed by atoms with Gasteiger partial charge in [0.25, 0.3) is 0 Å². The highest BCUT2D eigenvalue weighted by Crippen LogP contribution is 2.29. The molecule has 0 bridgehead atoms. The zero-order valence-electron chi connectivity index (χ0n) is 16.9. The highest BCUT2D eigenvalue weighted by molar-refractivity contribution is 5.81. The van der Waals surface area contributed by atoms with Gasteiger partial charge in [0.05, 0.1) is 19.7 Å². The smallest absolute Gasteiger partial charge is 0.223 e. The van der Waals surface area contributed by atoms with Gasteiger partial charge >= 0.3 is 0 Å². The Bertz CT molecular complexity index is 629. The van der Waals surface area contributed by atoms with Crippen LogP contribution in [0.4, 0.5) is 0 Å². The van der Waals surface area contributed by atoms with Crippen molar-refractivity contribution >= 4 is 11.9 Å². The number of guanidine groups is 1. The van der Waals surface area contributed by atoms with Crippen LogP contribution in [0, 0.1) is 5.92 Å². The Balaban J connectivity index is 1.94. The van der Waals surface area contributed by atoms with E-state index >= 15 is 0 Å². The van der Waals surface area contributed by atoms with Crippen molar-refractivity contribution in [3.63, 3.8) is 0 Å². The standard InChI is InChI=1S/C20H33N5O2/c1-5-21-20(23-13-12-22-19(26)15-10-11-15)24-14-17(25(2)3)16-8-6-7-9-18(16)27-4/h6-9,15,17H,5,10-14H2,1-4H3,(H,22,26)(H2,21,23,24). The topological polar surface area (TPSA) is 78.0 Å². The van der Waals surface area contributed by atoms with E-state index in [0.29, 0.717) is 19.6 Å². The Labute approximate surface area is 162 Å². The molecule has 0 radical (unpaired) electrons. The van der Waals surface area contributed by atoms with E-state index in [1.165, 1.54) is 0 Å². The Morgan fingerprint density at radius 2 is 1.93 bits per heavy atom. The minimum Gasteiger partial charge on any atom is -0.496 e. The molecular formula is C20H33N5O2. The van der Waals surface area contributed by atoms with Gasteiger partial charge in [-0.2, -0.15) is 0 Å². The maximum atomic E-state index is 11.7. The maximum Gasteiger partial charge on any atom is 0.223 e. The molecule has 0 saturated heterocycles. The van der Waals surface area contributed by atoms with E-state index < -0.39 is 0 Å². The van der Waals surface area contributed by atoms with E-state index in [1.54, 1.807) is 7.11 Å². The summed E-state index contributed by atoms with van der Waals surface area (Å²) >= 11 is 0. The molecule has 150 valence electrons. The van der Waals surface area contributed by atoms with Crippen molar-refractivity contribution in [2.75, 3.05) is 47.4 Å². The summed E-state index contributed by atoms with van der Waals surface area (Å²) in [4.78, 5) is 18.6. The highest BCUT2D eigenvalue weighted by Gasteiger charge is 2.29. The molecule has 1 amide bonds. The number of carbonyl (C=O) groups excluding carboxylic acids is 1. The molecule has 7 heteroatoms. The first kappa shape index (κ1) is 21.0. The summed E-state index contributed by atoms with van der Waals surface area (Å²) in [6, 6.07) is 8.14. The zero-order chi connectivity index (χ0) is 19.6. The number of para-hydroxylation sites is 1. The molecule has 0 aliphatic heterocycles. The monoisotopic (exact) mass is 375 g/mol. The normalized spacial score (nSPS) is 15.4. The van der Waals surface area contributed by atoms with Crippen LogP contribution in [-0.2, 0) is 4.79 Å². The fourth-order valence-electron chi connectivity index (χ4n) is 2.86. The summed E-state index contributed by atoms with van der Waals surface area (Å²) in [5.74, 6) is 2.03. The lowest BCUT2D eigenvalue weighted by molar-refractivity contribution is -0.122. The van der Waals surface area contributed by atoms with E-state index in [9.17, 15) is 4.79 Å². The minimum absolute atomic E-state index is 0.103. The first-order valence-electron chi connectivity index (χ1n) is 9.66. The van der Waals surface area contributed by atoms with Gasteiger partial charge in [0.1, 0.15) is 5.75 Å². The first-order chi connectivity index (χ1) is 13.1. The number of nitrogens with one attached hydrogen (secondary N) is 3. The fourth-order valence-corrected chi connectivity index (χ4v) is 2.86. The van der Waals surface area contributed by atoms with E-state index in [0.717, 1.165) is 36.7 Å². The van der Waals surface area contributed by atoms with Gasteiger partial charge in [-0.15, -0.1) is 0 Å². The minimum atomic E-state index is 0.103. The Morgan fingerprint density at radius 1 is 1.22 bits per heavy atom. The quantitative estimate of drug-likeness (QED) is 0.327. The third kappa shape index (κ3) is 6.75. The molecule has 1 atom stereocenters. The molecular weight excluding hydrogens is 342 g/mol. The van der Waals surface area contributed by atoms with Crippen molar-refractivity contribution in [1.29, 1.82) is 0 Å². The van der Waals surface area contributed by atoms with Gasteiger partial charge in [-0.1, -0.05) is 18.2 Å². The van der Waals surface area contributed by atoms with Crippen molar-refractivity contribution in [2.24, 2.45) is 10.9 Å². The number of hydrogen-bond donors (Lipinski definition) is 3. The number of benzene rings is 1. The molecule has 1 fully saturated rings. The number of carbonyl (C=O) groups is 1. The molecule has 0 aromatic heterocycles. The van der Waals surface area contributed by atoms with Gasteiger partial charge in [0, 0.05) is 31.1 Å². The predicted molar refractivity (Wildman–Crippen MR) is 109 cm³/mol. The summed E-state index contributed by atoms with van der Waals surface area (Å²) in [6.45, 7) is 4.66. The molecule has 27 heavy (non-hydrogen) atoms. The molecule has 1 aliphatic rings. The van der Waals surface area contributed by atoms with Gasteiger partial charge in [-0.25, -0.2) is 0 Å². The zero-order valence-corrected chi connectivity index (χ0v) is 16.9.